The van der Waals surface area contributed by atoms with E-state index >= 15 is 0 Å². The quantitative estimate of drug-likeness (QED) is 0.824. The van der Waals surface area contributed by atoms with Gasteiger partial charge in [0.15, 0.2) is 0 Å². The third-order valence-corrected chi connectivity index (χ3v) is 2.94. The van der Waals surface area contributed by atoms with Crippen LogP contribution in [0.25, 0.3) is 0 Å². The monoisotopic (exact) mass is 236 g/mol. The molecular formula is C14H24N2O. The van der Waals surface area contributed by atoms with Gasteiger partial charge in [-0.3, -0.25) is 4.98 Å². The Kier molecular flexibility index (Phi) is 5.09. The highest BCUT2D eigenvalue weighted by Crippen LogP contribution is 2.21. The van der Waals surface area contributed by atoms with E-state index in [9.17, 15) is 0 Å². The fourth-order valence-electron chi connectivity index (χ4n) is 1.90. The first-order valence-electron chi connectivity index (χ1n) is 6.20. The number of aliphatic hydroxyl groups is 1. The summed E-state index contributed by atoms with van der Waals surface area (Å²) in [5, 5.41) is 12.6. The second-order valence-corrected chi connectivity index (χ2v) is 5.58. The zero-order chi connectivity index (χ0) is 12.9. The van der Waals surface area contributed by atoms with Crippen LogP contribution in [0.3, 0.4) is 0 Å². The van der Waals surface area contributed by atoms with Crippen LogP contribution in [0.1, 0.15) is 38.6 Å². The molecule has 0 spiro atoms. The molecule has 0 fully saturated rings. The summed E-state index contributed by atoms with van der Waals surface area (Å²) >= 11 is 0. The Morgan fingerprint density at radius 1 is 1.35 bits per heavy atom. The van der Waals surface area contributed by atoms with Crippen molar-refractivity contribution >= 4 is 0 Å². The Bertz CT molecular complexity index is 344. The predicted octanol–water partition coefficient (Wildman–Crippen LogP) is 2.28. The molecule has 1 heterocycles. The second kappa shape index (κ2) is 6.12. The minimum Gasteiger partial charge on any atom is -0.396 e. The summed E-state index contributed by atoms with van der Waals surface area (Å²) in [6.07, 6.45) is 0.773. The maximum Gasteiger partial charge on any atom is 0.0544 e. The number of aliphatic hydroxyl groups excluding tert-OH is 1. The van der Waals surface area contributed by atoms with Crippen LogP contribution in [0.2, 0.25) is 0 Å². The van der Waals surface area contributed by atoms with Crippen LogP contribution >= 0.6 is 0 Å². The van der Waals surface area contributed by atoms with Gasteiger partial charge < -0.3 is 10.4 Å². The van der Waals surface area contributed by atoms with Crippen LogP contribution in [0.5, 0.6) is 0 Å². The molecule has 1 atom stereocenters. The summed E-state index contributed by atoms with van der Waals surface area (Å²) in [5.74, 6) is 0. The molecule has 0 radical (unpaired) electrons. The van der Waals surface area contributed by atoms with Crippen LogP contribution in [0.15, 0.2) is 18.2 Å². The van der Waals surface area contributed by atoms with Gasteiger partial charge in [0, 0.05) is 24.9 Å². The van der Waals surface area contributed by atoms with Gasteiger partial charge in [-0.25, -0.2) is 0 Å². The molecular weight excluding hydrogens is 212 g/mol. The van der Waals surface area contributed by atoms with E-state index in [-0.39, 0.29) is 12.0 Å². The molecule has 0 aromatic carbocycles. The minimum atomic E-state index is 0.145. The van der Waals surface area contributed by atoms with Gasteiger partial charge in [-0.1, -0.05) is 26.8 Å². The lowest BCUT2D eigenvalue weighted by Crippen LogP contribution is -2.40. The van der Waals surface area contributed by atoms with Crippen molar-refractivity contribution < 1.29 is 5.11 Å². The van der Waals surface area contributed by atoms with Crippen LogP contribution < -0.4 is 5.32 Å². The summed E-state index contributed by atoms with van der Waals surface area (Å²) in [6.45, 7) is 9.52. The van der Waals surface area contributed by atoms with Gasteiger partial charge in [-0.05, 0) is 30.9 Å². The zero-order valence-electron chi connectivity index (χ0n) is 11.3. The molecule has 0 amide bonds. The number of rotatable bonds is 5. The number of aryl methyl sites for hydroxylation is 1. The van der Waals surface area contributed by atoms with Crippen molar-refractivity contribution in [2.45, 2.75) is 46.7 Å². The predicted molar refractivity (Wildman–Crippen MR) is 70.8 cm³/mol. The molecule has 96 valence electrons. The van der Waals surface area contributed by atoms with E-state index in [2.05, 4.69) is 31.1 Å². The largest absolute Gasteiger partial charge is 0.396 e. The minimum absolute atomic E-state index is 0.145. The summed E-state index contributed by atoms with van der Waals surface area (Å²) in [5.41, 5.74) is 2.24. The SMILES string of the molecule is Cc1cccc(CNC(CCO)C(C)(C)C)n1. The lowest BCUT2D eigenvalue weighted by atomic mass is 9.85. The molecule has 1 unspecified atom stereocenters. The van der Waals surface area contributed by atoms with Gasteiger partial charge >= 0.3 is 0 Å². The van der Waals surface area contributed by atoms with Gasteiger partial charge in [0.25, 0.3) is 0 Å². The van der Waals surface area contributed by atoms with E-state index in [1.165, 1.54) is 0 Å². The molecule has 3 heteroatoms. The average molecular weight is 236 g/mol. The van der Waals surface area contributed by atoms with Crippen molar-refractivity contribution in [2.75, 3.05) is 6.61 Å². The Balaban J connectivity index is 2.58. The Morgan fingerprint density at radius 2 is 2.06 bits per heavy atom. The summed E-state index contributed by atoms with van der Waals surface area (Å²) in [7, 11) is 0. The maximum absolute atomic E-state index is 9.09. The van der Waals surface area contributed by atoms with E-state index in [0.29, 0.717) is 6.04 Å². The van der Waals surface area contributed by atoms with Crippen molar-refractivity contribution in [3.8, 4) is 0 Å². The molecule has 0 aliphatic carbocycles. The smallest absolute Gasteiger partial charge is 0.0544 e. The van der Waals surface area contributed by atoms with E-state index < -0.39 is 0 Å². The number of pyridine rings is 1. The Labute approximate surface area is 104 Å². The summed E-state index contributed by atoms with van der Waals surface area (Å²) < 4.78 is 0. The molecule has 0 saturated carbocycles. The molecule has 0 saturated heterocycles. The van der Waals surface area contributed by atoms with Crippen LogP contribution in [-0.4, -0.2) is 22.7 Å². The van der Waals surface area contributed by atoms with Crippen molar-refractivity contribution in [1.82, 2.24) is 10.3 Å². The normalized spacial score (nSPS) is 13.7. The number of aromatic nitrogens is 1. The summed E-state index contributed by atoms with van der Waals surface area (Å²) in [6, 6.07) is 6.35. The van der Waals surface area contributed by atoms with Gasteiger partial charge in [0.1, 0.15) is 0 Å². The molecule has 0 bridgehead atoms. The van der Waals surface area contributed by atoms with Crippen LogP contribution in [0.4, 0.5) is 0 Å². The maximum atomic E-state index is 9.09. The Hall–Kier alpha value is -0.930. The standard InChI is InChI=1S/C14H24N2O/c1-11-6-5-7-12(16-11)10-15-13(8-9-17)14(2,3)4/h5-7,13,15,17H,8-10H2,1-4H3. The van der Waals surface area contributed by atoms with E-state index in [4.69, 9.17) is 5.11 Å². The molecule has 0 aliphatic rings. The van der Waals surface area contributed by atoms with Gasteiger partial charge in [0.2, 0.25) is 0 Å². The fraction of sp³-hybridized carbons (Fsp3) is 0.643. The van der Waals surface area contributed by atoms with Gasteiger partial charge in [-0.2, -0.15) is 0 Å². The van der Waals surface area contributed by atoms with Gasteiger partial charge in [-0.15, -0.1) is 0 Å². The van der Waals surface area contributed by atoms with Crippen molar-refractivity contribution in [3.63, 3.8) is 0 Å². The lowest BCUT2D eigenvalue weighted by Gasteiger charge is -2.31. The first kappa shape index (κ1) is 14.1. The molecule has 0 aliphatic heterocycles. The van der Waals surface area contributed by atoms with Gasteiger partial charge in [0.05, 0.1) is 5.69 Å². The average Bonchev–Trinajstić information content (AvgIpc) is 2.22. The molecule has 1 aromatic rings. The third kappa shape index (κ3) is 4.84. The number of nitrogens with zero attached hydrogens (tertiary/aromatic N) is 1. The highest BCUT2D eigenvalue weighted by atomic mass is 16.3. The summed E-state index contributed by atoms with van der Waals surface area (Å²) in [4.78, 5) is 4.46. The van der Waals surface area contributed by atoms with E-state index in [1.54, 1.807) is 0 Å². The fourth-order valence-corrected chi connectivity index (χ4v) is 1.90. The highest BCUT2D eigenvalue weighted by molar-refractivity contribution is 5.09. The Morgan fingerprint density at radius 3 is 2.59 bits per heavy atom. The third-order valence-electron chi connectivity index (χ3n) is 2.94. The van der Waals surface area contributed by atoms with Crippen LogP contribution in [-0.2, 0) is 6.54 Å². The first-order valence-corrected chi connectivity index (χ1v) is 6.20. The first-order chi connectivity index (χ1) is 7.93. The molecule has 2 N–H and O–H groups in total. The molecule has 1 aromatic heterocycles. The number of nitrogens with one attached hydrogen (secondary N) is 1. The van der Waals surface area contributed by atoms with E-state index in [1.807, 2.05) is 25.1 Å². The van der Waals surface area contributed by atoms with Crippen molar-refractivity contribution in [2.24, 2.45) is 5.41 Å². The molecule has 17 heavy (non-hydrogen) atoms. The number of hydrogen-bond acceptors (Lipinski definition) is 3. The van der Waals surface area contributed by atoms with Crippen molar-refractivity contribution in [3.05, 3.63) is 29.6 Å². The van der Waals surface area contributed by atoms with Crippen LogP contribution in [0, 0.1) is 12.3 Å². The van der Waals surface area contributed by atoms with Crippen molar-refractivity contribution in [1.29, 1.82) is 0 Å². The molecule has 1 rings (SSSR count). The number of hydrogen-bond donors (Lipinski definition) is 2. The second-order valence-electron chi connectivity index (χ2n) is 5.58. The molecule has 3 nitrogen and oxygen atoms in total. The zero-order valence-corrected chi connectivity index (χ0v) is 11.3. The topological polar surface area (TPSA) is 45.1 Å². The highest BCUT2D eigenvalue weighted by Gasteiger charge is 2.23. The van der Waals surface area contributed by atoms with E-state index in [0.717, 1.165) is 24.4 Å². The lowest BCUT2D eigenvalue weighted by molar-refractivity contribution is 0.196.